The normalized spacial score (nSPS) is 12.9. The van der Waals surface area contributed by atoms with Crippen LogP contribution in [0, 0.1) is 6.92 Å². The number of nitrogens with zero attached hydrogens (tertiary/aromatic N) is 1. The van der Waals surface area contributed by atoms with Crippen molar-refractivity contribution < 1.29 is 23.5 Å². The zero-order valence-electron chi connectivity index (χ0n) is 20.0. The second kappa shape index (κ2) is 8.92. The van der Waals surface area contributed by atoms with Gasteiger partial charge >= 0.3 is 11.6 Å². The van der Waals surface area contributed by atoms with Gasteiger partial charge < -0.3 is 9.15 Å². The summed E-state index contributed by atoms with van der Waals surface area (Å²) in [4.78, 5) is 51.3. The standard InChI is InChI=1S/C29H23NO6/c1-16(2)23-14-24-19(13-26(31)36-25(24)12-17(23)3)15-35-29(34)18-8-10-20(11-9-18)30-27(32)21-6-4-5-7-22(21)28(30)33/h4-14,16H,15H2,1-3H3. The van der Waals surface area contributed by atoms with Gasteiger partial charge in [0.25, 0.3) is 11.8 Å². The quantitative estimate of drug-likeness (QED) is 0.216. The SMILES string of the molecule is Cc1cc2oc(=O)cc(COC(=O)c3ccc(N4C(=O)c5ccccc5C4=O)cc3)c2cc1C(C)C. The minimum absolute atomic E-state index is 0.109. The maximum Gasteiger partial charge on any atom is 0.338 e. The summed E-state index contributed by atoms with van der Waals surface area (Å²) >= 11 is 0. The molecule has 3 aromatic carbocycles. The number of aryl methyl sites for hydroxylation is 1. The molecule has 0 radical (unpaired) electrons. The molecule has 0 unspecified atom stereocenters. The van der Waals surface area contributed by atoms with Crippen molar-refractivity contribution in [1.29, 1.82) is 0 Å². The summed E-state index contributed by atoms with van der Waals surface area (Å²) < 4.78 is 10.9. The number of carbonyl (C=O) groups excluding carboxylic acids is 3. The number of hydrogen-bond donors (Lipinski definition) is 0. The number of esters is 1. The van der Waals surface area contributed by atoms with Gasteiger partial charge in [-0.3, -0.25) is 9.59 Å². The average molecular weight is 482 g/mol. The van der Waals surface area contributed by atoms with Crippen LogP contribution in [0.3, 0.4) is 0 Å². The zero-order valence-corrected chi connectivity index (χ0v) is 20.0. The topological polar surface area (TPSA) is 93.9 Å². The van der Waals surface area contributed by atoms with Crippen molar-refractivity contribution in [1.82, 2.24) is 0 Å². The van der Waals surface area contributed by atoms with Gasteiger partial charge in [-0.1, -0.05) is 26.0 Å². The third-order valence-electron chi connectivity index (χ3n) is 6.35. The van der Waals surface area contributed by atoms with Crippen molar-refractivity contribution in [2.45, 2.75) is 33.3 Å². The van der Waals surface area contributed by atoms with E-state index in [9.17, 15) is 19.2 Å². The Hall–Kier alpha value is -4.52. The molecule has 0 saturated carbocycles. The highest BCUT2D eigenvalue weighted by Crippen LogP contribution is 2.29. The van der Waals surface area contributed by atoms with Crippen LogP contribution in [0.4, 0.5) is 5.69 Å². The highest BCUT2D eigenvalue weighted by atomic mass is 16.5. The van der Waals surface area contributed by atoms with E-state index in [1.807, 2.05) is 19.1 Å². The van der Waals surface area contributed by atoms with E-state index in [2.05, 4.69) is 13.8 Å². The van der Waals surface area contributed by atoms with Crippen molar-refractivity contribution in [3.63, 3.8) is 0 Å². The van der Waals surface area contributed by atoms with Crippen LogP contribution in [0.15, 0.2) is 75.9 Å². The molecule has 0 bridgehead atoms. The number of benzene rings is 3. The first-order valence-corrected chi connectivity index (χ1v) is 11.6. The number of anilines is 1. The van der Waals surface area contributed by atoms with Gasteiger partial charge in [0.05, 0.1) is 22.4 Å². The van der Waals surface area contributed by atoms with E-state index in [0.717, 1.165) is 21.4 Å². The number of carbonyl (C=O) groups is 3. The lowest BCUT2D eigenvalue weighted by Gasteiger charge is -2.14. The molecule has 1 aliphatic rings. The molecule has 0 atom stereocenters. The zero-order chi connectivity index (χ0) is 25.6. The van der Waals surface area contributed by atoms with Gasteiger partial charge in [0, 0.05) is 17.0 Å². The lowest BCUT2D eigenvalue weighted by atomic mass is 9.95. The smallest absolute Gasteiger partial charge is 0.338 e. The van der Waals surface area contributed by atoms with Gasteiger partial charge in [0.2, 0.25) is 0 Å². The minimum atomic E-state index is -0.596. The number of fused-ring (bicyclic) bond motifs is 2. The van der Waals surface area contributed by atoms with Crippen LogP contribution in [0.1, 0.15) is 67.5 Å². The molecule has 0 saturated heterocycles. The maximum atomic E-state index is 12.7. The maximum absolute atomic E-state index is 12.7. The molecule has 1 aromatic heterocycles. The number of imide groups is 1. The monoisotopic (exact) mass is 481 g/mol. The summed E-state index contributed by atoms with van der Waals surface area (Å²) in [5.74, 6) is -1.13. The fraction of sp³-hybridized carbons (Fsp3) is 0.172. The number of rotatable bonds is 5. The van der Waals surface area contributed by atoms with Crippen LogP contribution in [0.25, 0.3) is 11.0 Å². The van der Waals surface area contributed by atoms with E-state index < -0.39 is 23.4 Å². The Labute approximate surface area is 206 Å². The van der Waals surface area contributed by atoms with Crippen LogP contribution < -0.4 is 10.5 Å². The molecule has 0 aliphatic carbocycles. The van der Waals surface area contributed by atoms with Gasteiger partial charge in [-0.25, -0.2) is 14.5 Å². The highest BCUT2D eigenvalue weighted by molar-refractivity contribution is 6.34. The molecule has 5 rings (SSSR count). The molecule has 0 fully saturated rings. The first-order chi connectivity index (χ1) is 17.2. The molecule has 36 heavy (non-hydrogen) atoms. The van der Waals surface area contributed by atoms with Gasteiger partial charge in [0.15, 0.2) is 0 Å². The van der Waals surface area contributed by atoms with Crippen molar-refractivity contribution in [3.8, 4) is 0 Å². The Kier molecular flexibility index (Phi) is 5.76. The lowest BCUT2D eigenvalue weighted by Crippen LogP contribution is -2.29. The summed E-state index contributed by atoms with van der Waals surface area (Å²) in [7, 11) is 0. The van der Waals surface area contributed by atoms with E-state index >= 15 is 0 Å². The van der Waals surface area contributed by atoms with Gasteiger partial charge in [0.1, 0.15) is 12.2 Å². The van der Waals surface area contributed by atoms with E-state index in [0.29, 0.717) is 28.0 Å². The second-order valence-corrected chi connectivity index (χ2v) is 9.06. The van der Waals surface area contributed by atoms with Crippen molar-refractivity contribution in [2.75, 3.05) is 4.90 Å². The summed E-state index contributed by atoms with van der Waals surface area (Å²) in [6.07, 6.45) is 0. The Morgan fingerprint density at radius 3 is 2.17 bits per heavy atom. The summed E-state index contributed by atoms with van der Waals surface area (Å²) in [6, 6.07) is 17.8. The lowest BCUT2D eigenvalue weighted by molar-refractivity contribution is 0.0473. The summed E-state index contributed by atoms with van der Waals surface area (Å²) in [5, 5.41) is 0.720. The predicted molar refractivity (Wildman–Crippen MR) is 134 cm³/mol. The van der Waals surface area contributed by atoms with E-state index in [4.69, 9.17) is 9.15 Å². The highest BCUT2D eigenvalue weighted by Gasteiger charge is 2.36. The molecular weight excluding hydrogens is 458 g/mol. The summed E-state index contributed by atoms with van der Waals surface area (Å²) in [6.45, 7) is 6.02. The largest absolute Gasteiger partial charge is 0.457 e. The van der Waals surface area contributed by atoms with Crippen LogP contribution >= 0.6 is 0 Å². The summed E-state index contributed by atoms with van der Waals surface area (Å²) in [5.41, 5.74) is 3.93. The van der Waals surface area contributed by atoms with Crippen LogP contribution in [0.2, 0.25) is 0 Å². The molecule has 7 heteroatoms. The third-order valence-corrected chi connectivity index (χ3v) is 6.35. The van der Waals surface area contributed by atoms with Gasteiger partial charge in [-0.15, -0.1) is 0 Å². The number of amides is 2. The molecular formula is C29H23NO6. The van der Waals surface area contributed by atoms with Gasteiger partial charge in [-0.05, 0) is 72.5 Å². The Morgan fingerprint density at radius 2 is 1.56 bits per heavy atom. The van der Waals surface area contributed by atoms with Crippen LogP contribution in [0.5, 0.6) is 0 Å². The average Bonchev–Trinajstić information content (AvgIpc) is 3.11. The van der Waals surface area contributed by atoms with Crippen LogP contribution in [-0.4, -0.2) is 17.8 Å². The molecule has 180 valence electrons. The predicted octanol–water partition coefficient (Wildman–Crippen LogP) is 5.38. The Balaban J connectivity index is 1.35. The third kappa shape index (κ3) is 3.98. The molecule has 0 N–H and O–H groups in total. The van der Waals surface area contributed by atoms with E-state index in [1.165, 1.54) is 30.3 Å². The number of ether oxygens (including phenoxy) is 1. The first kappa shape index (κ1) is 23.2. The van der Waals surface area contributed by atoms with Gasteiger partial charge in [-0.2, -0.15) is 0 Å². The van der Waals surface area contributed by atoms with E-state index in [1.54, 1.807) is 24.3 Å². The molecule has 0 spiro atoms. The Bertz CT molecular complexity index is 1560. The fourth-order valence-corrected chi connectivity index (χ4v) is 4.53. The van der Waals surface area contributed by atoms with E-state index in [-0.39, 0.29) is 18.1 Å². The molecule has 2 amide bonds. The minimum Gasteiger partial charge on any atom is -0.457 e. The van der Waals surface area contributed by atoms with Crippen LogP contribution in [-0.2, 0) is 11.3 Å². The first-order valence-electron chi connectivity index (χ1n) is 11.6. The molecule has 2 heterocycles. The Morgan fingerprint density at radius 1 is 0.917 bits per heavy atom. The van der Waals surface area contributed by atoms with Crippen molar-refractivity contribution in [2.24, 2.45) is 0 Å². The molecule has 1 aliphatic heterocycles. The fourth-order valence-electron chi connectivity index (χ4n) is 4.53. The molecule has 4 aromatic rings. The van der Waals surface area contributed by atoms with Crippen molar-refractivity contribution >= 4 is 34.4 Å². The van der Waals surface area contributed by atoms with Crippen molar-refractivity contribution in [3.05, 3.63) is 111 Å². The number of hydrogen-bond acceptors (Lipinski definition) is 6. The second-order valence-electron chi connectivity index (χ2n) is 9.06. The molecule has 7 nitrogen and oxygen atoms in total.